The van der Waals surface area contributed by atoms with E-state index in [1.54, 1.807) is 18.2 Å². The Bertz CT molecular complexity index is 1040. The Hall–Kier alpha value is -2.38. The number of carbonyl (C=O) groups excluding carboxylic acids is 2. The van der Waals surface area contributed by atoms with Crippen LogP contribution in [0.25, 0.3) is 0 Å². The van der Waals surface area contributed by atoms with Gasteiger partial charge in [0.2, 0.25) is 15.2 Å². The minimum Gasteiger partial charge on any atom is -0.476 e. The normalized spacial score (nSPS) is 16.0. The molecule has 1 aromatic carbocycles. The minimum absolute atomic E-state index is 0.0737. The summed E-state index contributed by atoms with van der Waals surface area (Å²) < 4.78 is 36.3. The Morgan fingerprint density at radius 2 is 2.17 bits per heavy atom. The highest BCUT2D eigenvalue weighted by Crippen LogP contribution is 2.36. The fourth-order valence-electron chi connectivity index (χ4n) is 2.50. The van der Waals surface area contributed by atoms with E-state index in [-0.39, 0.29) is 17.4 Å². The maximum absolute atomic E-state index is 12.7. The van der Waals surface area contributed by atoms with Crippen molar-refractivity contribution in [3.8, 4) is 5.75 Å². The maximum atomic E-state index is 12.7. The van der Waals surface area contributed by atoms with E-state index in [9.17, 15) is 18.0 Å². The zero-order valence-corrected chi connectivity index (χ0v) is 18.2. The molecular weight excluding hydrogens is 440 g/mol. The Kier molecular flexibility index (Phi) is 6.29. The standard InChI is InChI=1S/C16H18N4O6S3/c1-9-4-5-10-11(6-9)26-12(7-20(10)29(3,23)24)14(22)17-15-18-19-16(28-15)27-8-13(21)25-2/h4-6,12H,7-8H2,1-3H3,(H,17,18,22)/t12-/m0/s1. The van der Waals surface area contributed by atoms with Crippen molar-refractivity contribution in [3.63, 3.8) is 0 Å². The molecule has 10 nitrogen and oxygen atoms in total. The minimum atomic E-state index is -3.60. The Labute approximate surface area is 175 Å². The first kappa shape index (κ1) is 21.3. The van der Waals surface area contributed by atoms with Crippen molar-refractivity contribution in [1.82, 2.24) is 10.2 Å². The molecule has 2 aromatic rings. The second kappa shape index (κ2) is 8.55. The highest BCUT2D eigenvalue weighted by Gasteiger charge is 2.35. The molecule has 1 N–H and O–H groups in total. The quantitative estimate of drug-likeness (QED) is 0.387. The van der Waals surface area contributed by atoms with Gasteiger partial charge in [-0.1, -0.05) is 29.2 Å². The summed E-state index contributed by atoms with van der Waals surface area (Å²) in [5.41, 5.74) is 1.26. The number of anilines is 2. The highest BCUT2D eigenvalue weighted by molar-refractivity contribution is 8.01. The fourth-order valence-corrected chi connectivity index (χ4v) is 5.00. The van der Waals surface area contributed by atoms with Crippen LogP contribution in [-0.4, -0.2) is 62.3 Å². The molecule has 0 unspecified atom stereocenters. The summed E-state index contributed by atoms with van der Waals surface area (Å²) in [6.07, 6.45) is 0.0148. The molecule has 0 saturated carbocycles. The van der Waals surface area contributed by atoms with Gasteiger partial charge in [0.25, 0.3) is 5.91 Å². The van der Waals surface area contributed by atoms with Crippen LogP contribution in [0.5, 0.6) is 5.75 Å². The molecule has 1 aliphatic rings. The smallest absolute Gasteiger partial charge is 0.316 e. The molecular formula is C16H18N4O6S3. The van der Waals surface area contributed by atoms with Gasteiger partial charge in [-0.25, -0.2) is 8.42 Å². The van der Waals surface area contributed by atoms with E-state index in [0.717, 1.165) is 39.2 Å². The van der Waals surface area contributed by atoms with Gasteiger partial charge in [0.1, 0.15) is 5.75 Å². The number of carbonyl (C=O) groups is 2. The highest BCUT2D eigenvalue weighted by atomic mass is 32.2. The molecule has 1 aromatic heterocycles. The maximum Gasteiger partial charge on any atom is 0.316 e. The van der Waals surface area contributed by atoms with Crippen molar-refractivity contribution >= 4 is 55.8 Å². The van der Waals surface area contributed by atoms with E-state index in [0.29, 0.717) is 15.8 Å². The third-order valence-electron chi connectivity index (χ3n) is 3.86. The first-order chi connectivity index (χ1) is 13.7. The molecule has 1 aliphatic heterocycles. The van der Waals surface area contributed by atoms with E-state index in [2.05, 4.69) is 20.3 Å². The summed E-state index contributed by atoms with van der Waals surface area (Å²) in [6, 6.07) is 5.10. The lowest BCUT2D eigenvalue weighted by atomic mass is 10.1. The molecule has 0 aliphatic carbocycles. The molecule has 13 heteroatoms. The average molecular weight is 459 g/mol. The van der Waals surface area contributed by atoms with Crippen molar-refractivity contribution < 1.29 is 27.5 Å². The fraction of sp³-hybridized carbons (Fsp3) is 0.375. The number of hydrogen-bond donors (Lipinski definition) is 1. The number of methoxy groups -OCH3 is 1. The summed E-state index contributed by atoms with van der Waals surface area (Å²) in [5.74, 6) is -0.564. The zero-order valence-electron chi connectivity index (χ0n) is 15.7. The largest absolute Gasteiger partial charge is 0.476 e. The molecule has 0 fully saturated rings. The number of rotatable bonds is 6. The molecule has 1 amide bonds. The van der Waals surface area contributed by atoms with E-state index in [1.165, 1.54) is 7.11 Å². The van der Waals surface area contributed by atoms with Crippen LogP contribution in [0.4, 0.5) is 10.8 Å². The SMILES string of the molecule is COC(=O)CSc1nnc(NC(=O)[C@@H]2CN(S(C)(=O)=O)c3ccc(C)cc3O2)s1. The zero-order chi connectivity index (χ0) is 21.2. The number of aryl methyl sites for hydroxylation is 1. The number of nitrogens with zero attached hydrogens (tertiary/aromatic N) is 3. The number of nitrogens with one attached hydrogen (secondary N) is 1. The second-order valence-corrected chi connectivity index (χ2v) is 10.2. The monoisotopic (exact) mass is 458 g/mol. The van der Waals surface area contributed by atoms with Gasteiger partial charge in [-0.3, -0.25) is 19.2 Å². The number of sulfonamides is 1. The van der Waals surface area contributed by atoms with Crippen LogP contribution in [0.1, 0.15) is 5.56 Å². The second-order valence-electron chi connectivity index (χ2n) is 6.10. The third kappa shape index (κ3) is 5.16. The van der Waals surface area contributed by atoms with E-state index >= 15 is 0 Å². The van der Waals surface area contributed by atoms with Crippen molar-refractivity contribution in [2.45, 2.75) is 17.4 Å². The van der Waals surface area contributed by atoms with Crippen LogP contribution in [0.15, 0.2) is 22.5 Å². The molecule has 0 saturated heterocycles. The van der Waals surface area contributed by atoms with Gasteiger partial charge in [-0.05, 0) is 24.6 Å². The Balaban J connectivity index is 1.73. The van der Waals surface area contributed by atoms with Crippen LogP contribution >= 0.6 is 23.1 Å². The van der Waals surface area contributed by atoms with Gasteiger partial charge in [0.15, 0.2) is 10.4 Å². The van der Waals surface area contributed by atoms with Gasteiger partial charge >= 0.3 is 5.97 Å². The van der Waals surface area contributed by atoms with Gasteiger partial charge in [-0.2, -0.15) is 0 Å². The molecule has 29 heavy (non-hydrogen) atoms. The predicted octanol–water partition coefficient (Wildman–Crippen LogP) is 1.28. The number of thioether (sulfide) groups is 1. The number of hydrogen-bond acceptors (Lipinski definition) is 10. The first-order valence-electron chi connectivity index (χ1n) is 8.26. The molecule has 2 heterocycles. The van der Waals surface area contributed by atoms with E-state index < -0.39 is 28.0 Å². The molecule has 3 rings (SSSR count). The van der Waals surface area contributed by atoms with Crippen LogP contribution in [-0.2, 0) is 24.3 Å². The lowest BCUT2D eigenvalue weighted by Gasteiger charge is -2.33. The van der Waals surface area contributed by atoms with Gasteiger partial charge < -0.3 is 9.47 Å². The lowest BCUT2D eigenvalue weighted by molar-refractivity contribution is -0.137. The summed E-state index contributed by atoms with van der Waals surface area (Å²) in [4.78, 5) is 23.8. The van der Waals surface area contributed by atoms with Crippen LogP contribution in [0.2, 0.25) is 0 Å². The first-order valence-corrected chi connectivity index (χ1v) is 11.9. The molecule has 1 atom stereocenters. The molecule has 156 valence electrons. The Morgan fingerprint density at radius 3 is 2.86 bits per heavy atom. The average Bonchev–Trinajstić information content (AvgIpc) is 3.11. The van der Waals surface area contributed by atoms with Gasteiger partial charge in [0.05, 0.1) is 31.4 Å². The third-order valence-corrected chi connectivity index (χ3v) is 6.95. The van der Waals surface area contributed by atoms with Crippen LogP contribution in [0.3, 0.4) is 0 Å². The number of amides is 1. The van der Waals surface area contributed by atoms with Gasteiger partial charge in [-0.15, -0.1) is 10.2 Å². The molecule has 0 radical (unpaired) electrons. The molecule has 0 bridgehead atoms. The summed E-state index contributed by atoms with van der Waals surface area (Å²) in [6.45, 7) is 1.68. The number of esters is 1. The number of benzene rings is 1. The van der Waals surface area contributed by atoms with Crippen molar-refractivity contribution in [2.24, 2.45) is 0 Å². The van der Waals surface area contributed by atoms with Crippen molar-refractivity contribution in [2.75, 3.05) is 35.3 Å². The molecule has 0 spiro atoms. The summed E-state index contributed by atoms with van der Waals surface area (Å²) >= 11 is 2.22. The van der Waals surface area contributed by atoms with Crippen molar-refractivity contribution in [1.29, 1.82) is 0 Å². The summed E-state index contributed by atoms with van der Waals surface area (Å²) in [7, 11) is -2.31. The van der Waals surface area contributed by atoms with E-state index in [1.807, 2.05) is 6.92 Å². The lowest BCUT2D eigenvalue weighted by Crippen LogP contribution is -2.48. The number of aromatic nitrogens is 2. The van der Waals surface area contributed by atoms with Crippen LogP contribution in [0, 0.1) is 6.92 Å². The topological polar surface area (TPSA) is 128 Å². The van der Waals surface area contributed by atoms with Crippen LogP contribution < -0.4 is 14.4 Å². The summed E-state index contributed by atoms with van der Waals surface area (Å²) in [5, 5.41) is 10.5. The van der Waals surface area contributed by atoms with Crippen molar-refractivity contribution in [3.05, 3.63) is 23.8 Å². The van der Waals surface area contributed by atoms with E-state index in [4.69, 9.17) is 4.74 Å². The predicted molar refractivity (Wildman–Crippen MR) is 109 cm³/mol. The number of fused-ring (bicyclic) bond motifs is 1. The van der Waals surface area contributed by atoms with Gasteiger partial charge in [0, 0.05) is 0 Å². The number of ether oxygens (including phenoxy) is 2. The Morgan fingerprint density at radius 1 is 1.41 bits per heavy atom.